The number of carbonyl (C=O) groups is 1. The lowest BCUT2D eigenvalue weighted by atomic mass is 10.3. The summed E-state index contributed by atoms with van der Waals surface area (Å²) >= 11 is 1.32. The number of hydrogen-bond donors (Lipinski definition) is 3. The number of nitrogen functional groups attached to an aromatic ring is 1. The zero-order valence-electron chi connectivity index (χ0n) is 12.7. The van der Waals surface area contributed by atoms with Gasteiger partial charge in [-0.3, -0.25) is 4.79 Å². The predicted octanol–water partition coefficient (Wildman–Crippen LogP) is 1.76. The maximum absolute atomic E-state index is 12.1. The van der Waals surface area contributed by atoms with Crippen LogP contribution in [0.4, 0.5) is 10.9 Å². The van der Waals surface area contributed by atoms with Gasteiger partial charge in [-0.15, -0.1) is 0 Å². The van der Waals surface area contributed by atoms with Crippen LogP contribution in [0.25, 0.3) is 0 Å². The van der Waals surface area contributed by atoms with Gasteiger partial charge in [-0.1, -0.05) is 18.3 Å². The molecule has 0 spiro atoms. The van der Waals surface area contributed by atoms with E-state index in [0.29, 0.717) is 17.2 Å². The Morgan fingerprint density at radius 1 is 1.38 bits per heavy atom. The Hall–Kier alpha value is -1.34. The van der Waals surface area contributed by atoms with E-state index in [0.717, 1.165) is 31.1 Å². The Balaban J connectivity index is 1.73. The fourth-order valence-electron chi connectivity index (χ4n) is 2.39. The number of anilines is 2. The molecule has 0 bridgehead atoms. The van der Waals surface area contributed by atoms with Gasteiger partial charge in [-0.25, -0.2) is 4.98 Å². The molecule has 1 fully saturated rings. The molecule has 1 aromatic heterocycles. The summed E-state index contributed by atoms with van der Waals surface area (Å²) < 4.78 is 0. The molecule has 1 aromatic rings. The van der Waals surface area contributed by atoms with Crippen molar-refractivity contribution in [2.24, 2.45) is 0 Å². The van der Waals surface area contributed by atoms with E-state index in [-0.39, 0.29) is 5.91 Å². The van der Waals surface area contributed by atoms with E-state index in [1.54, 1.807) is 0 Å². The average molecular weight is 311 g/mol. The smallest absolute Gasteiger partial charge is 0.265 e. The van der Waals surface area contributed by atoms with Crippen LogP contribution < -0.4 is 16.4 Å². The van der Waals surface area contributed by atoms with Gasteiger partial charge in [0.1, 0.15) is 10.7 Å². The Morgan fingerprint density at radius 2 is 2.14 bits per heavy atom. The predicted molar refractivity (Wildman–Crippen MR) is 87.9 cm³/mol. The summed E-state index contributed by atoms with van der Waals surface area (Å²) in [4.78, 5) is 19.2. The minimum absolute atomic E-state index is 0.115. The largest absolute Gasteiger partial charge is 0.382 e. The van der Waals surface area contributed by atoms with Gasteiger partial charge >= 0.3 is 0 Å². The second-order valence-corrected chi connectivity index (χ2v) is 6.32. The van der Waals surface area contributed by atoms with Gasteiger partial charge in [0.15, 0.2) is 5.13 Å². The molecule has 2 heterocycles. The van der Waals surface area contributed by atoms with Crippen molar-refractivity contribution in [1.29, 1.82) is 0 Å². The lowest BCUT2D eigenvalue weighted by molar-refractivity contribution is 0.0956. The lowest BCUT2D eigenvalue weighted by Gasteiger charge is -2.14. The van der Waals surface area contributed by atoms with Crippen LogP contribution in [0.2, 0.25) is 0 Å². The minimum atomic E-state index is -0.115. The van der Waals surface area contributed by atoms with Crippen LogP contribution in [0.15, 0.2) is 0 Å². The van der Waals surface area contributed by atoms with Gasteiger partial charge in [0.05, 0.1) is 0 Å². The summed E-state index contributed by atoms with van der Waals surface area (Å²) in [6.07, 6.45) is 4.59. The number of nitrogens with zero attached hydrogens (tertiary/aromatic N) is 2. The second-order valence-electron chi connectivity index (χ2n) is 5.32. The molecule has 0 aliphatic carbocycles. The van der Waals surface area contributed by atoms with Gasteiger partial charge in [-0.05, 0) is 45.3 Å². The molecule has 4 N–H and O–H groups in total. The number of nitrogens with two attached hydrogens (primary N) is 1. The van der Waals surface area contributed by atoms with Crippen LogP contribution in [0.1, 0.15) is 42.3 Å². The van der Waals surface area contributed by atoms with Crippen LogP contribution >= 0.6 is 11.3 Å². The summed E-state index contributed by atoms with van der Waals surface area (Å²) in [5, 5.41) is 6.80. The zero-order valence-corrected chi connectivity index (χ0v) is 13.5. The topological polar surface area (TPSA) is 83.3 Å². The molecule has 1 saturated heterocycles. The molecule has 0 aromatic carbocycles. The van der Waals surface area contributed by atoms with Crippen LogP contribution in [-0.2, 0) is 0 Å². The van der Waals surface area contributed by atoms with E-state index in [1.807, 2.05) is 0 Å². The summed E-state index contributed by atoms with van der Waals surface area (Å²) in [5.74, 6) is 0.201. The molecule has 1 aliphatic heterocycles. The third kappa shape index (κ3) is 4.86. The van der Waals surface area contributed by atoms with Gasteiger partial charge in [0.25, 0.3) is 5.91 Å². The van der Waals surface area contributed by atoms with Crippen molar-refractivity contribution in [3.8, 4) is 0 Å². The fraction of sp³-hybridized carbons (Fsp3) is 0.714. The van der Waals surface area contributed by atoms with Crippen molar-refractivity contribution in [2.75, 3.05) is 43.8 Å². The molecule has 0 unspecified atom stereocenters. The maximum Gasteiger partial charge on any atom is 0.265 e. The third-order valence-corrected chi connectivity index (χ3v) is 4.55. The number of carbonyl (C=O) groups excluding carboxylic acids is 1. The van der Waals surface area contributed by atoms with Crippen LogP contribution in [0, 0.1) is 0 Å². The van der Waals surface area contributed by atoms with E-state index in [1.165, 1.54) is 37.3 Å². The number of nitrogens with one attached hydrogen (secondary N) is 2. The summed E-state index contributed by atoms with van der Waals surface area (Å²) in [7, 11) is 0. The van der Waals surface area contributed by atoms with E-state index >= 15 is 0 Å². The van der Waals surface area contributed by atoms with Crippen LogP contribution in [0.5, 0.6) is 0 Å². The Bertz CT molecular complexity index is 456. The lowest BCUT2D eigenvalue weighted by Crippen LogP contribution is -2.28. The minimum Gasteiger partial charge on any atom is -0.382 e. The van der Waals surface area contributed by atoms with Crippen molar-refractivity contribution in [2.45, 2.75) is 32.6 Å². The van der Waals surface area contributed by atoms with Crippen molar-refractivity contribution >= 4 is 28.2 Å². The molecule has 0 radical (unpaired) electrons. The molecule has 1 amide bonds. The monoisotopic (exact) mass is 311 g/mol. The summed E-state index contributed by atoms with van der Waals surface area (Å²) in [5.41, 5.74) is 5.81. The van der Waals surface area contributed by atoms with E-state index in [2.05, 4.69) is 27.4 Å². The highest BCUT2D eigenvalue weighted by Crippen LogP contribution is 2.24. The molecule has 0 saturated carbocycles. The second kappa shape index (κ2) is 8.19. The number of amides is 1. The molecule has 0 atom stereocenters. The van der Waals surface area contributed by atoms with Crippen molar-refractivity contribution < 1.29 is 4.79 Å². The zero-order chi connectivity index (χ0) is 15.1. The first kappa shape index (κ1) is 16.0. The molecule has 6 nitrogen and oxygen atoms in total. The molecule has 7 heteroatoms. The van der Waals surface area contributed by atoms with Crippen molar-refractivity contribution in [1.82, 2.24) is 15.2 Å². The Morgan fingerprint density at radius 3 is 2.86 bits per heavy atom. The van der Waals surface area contributed by atoms with Gasteiger partial charge in [-0.2, -0.15) is 0 Å². The SMILES string of the molecule is CCCNc1nc(N)c(C(=O)NCCCN2CCCC2)s1. The van der Waals surface area contributed by atoms with E-state index < -0.39 is 0 Å². The first-order chi connectivity index (χ1) is 10.2. The first-order valence-electron chi connectivity index (χ1n) is 7.71. The normalized spacial score (nSPS) is 15.3. The average Bonchev–Trinajstić information content (AvgIpc) is 3.10. The summed E-state index contributed by atoms with van der Waals surface area (Å²) in [6, 6.07) is 0. The van der Waals surface area contributed by atoms with Gasteiger partial charge in [0, 0.05) is 13.1 Å². The highest BCUT2D eigenvalue weighted by molar-refractivity contribution is 7.18. The first-order valence-corrected chi connectivity index (χ1v) is 8.53. The Kier molecular flexibility index (Phi) is 6.25. The standard InChI is InChI=1S/C14H25N5OS/c1-2-6-17-14-18-12(15)11(21-14)13(20)16-7-5-10-19-8-3-4-9-19/h2-10,15H2,1H3,(H,16,20)(H,17,18). The van der Waals surface area contributed by atoms with E-state index in [9.17, 15) is 4.79 Å². The number of likely N-dealkylation sites (tertiary alicyclic amines) is 1. The van der Waals surface area contributed by atoms with Crippen molar-refractivity contribution in [3.05, 3.63) is 4.88 Å². The molecule has 21 heavy (non-hydrogen) atoms. The highest BCUT2D eigenvalue weighted by Gasteiger charge is 2.16. The molecule has 1 aliphatic rings. The number of aromatic nitrogens is 1. The van der Waals surface area contributed by atoms with Crippen LogP contribution in [-0.4, -0.2) is 48.5 Å². The molecule has 2 rings (SSSR count). The molecular weight excluding hydrogens is 286 g/mol. The third-order valence-electron chi connectivity index (χ3n) is 3.52. The van der Waals surface area contributed by atoms with Gasteiger partial charge in [0.2, 0.25) is 0 Å². The maximum atomic E-state index is 12.1. The number of rotatable bonds is 8. The van der Waals surface area contributed by atoms with Crippen LogP contribution in [0.3, 0.4) is 0 Å². The highest BCUT2D eigenvalue weighted by atomic mass is 32.1. The molecule has 118 valence electrons. The number of thiazole rings is 1. The molecular formula is C14H25N5OS. The van der Waals surface area contributed by atoms with E-state index in [4.69, 9.17) is 5.73 Å². The fourth-order valence-corrected chi connectivity index (χ4v) is 3.22. The quantitative estimate of drug-likeness (QED) is 0.637. The van der Waals surface area contributed by atoms with Crippen molar-refractivity contribution in [3.63, 3.8) is 0 Å². The Labute approximate surface area is 130 Å². The number of hydrogen-bond acceptors (Lipinski definition) is 6. The summed E-state index contributed by atoms with van der Waals surface area (Å²) in [6.45, 7) is 7.05. The van der Waals surface area contributed by atoms with Gasteiger partial charge < -0.3 is 21.3 Å².